The number of amides is 1. The maximum atomic E-state index is 13.1. The molecule has 1 saturated heterocycles. The second-order valence-corrected chi connectivity index (χ2v) is 7.33. The van der Waals surface area contributed by atoms with E-state index < -0.39 is 0 Å². The molecule has 2 atom stereocenters. The molecular weight excluding hydrogens is 320 g/mol. The fourth-order valence-corrected chi connectivity index (χ4v) is 4.01. The van der Waals surface area contributed by atoms with Gasteiger partial charge in [-0.05, 0) is 49.9 Å². The number of hydrogen-bond acceptors (Lipinski definition) is 2. The van der Waals surface area contributed by atoms with Crippen LogP contribution in [-0.4, -0.2) is 37.0 Å². The summed E-state index contributed by atoms with van der Waals surface area (Å²) in [5, 5.41) is 0. The Morgan fingerprint density at radius 3 is 2.35 bits per heavy atom. The lowest BCUT2D eigenvalue weighted by Gasteiger charge is -2.38. The van der Waals surface area contributed by atoms with Crippen molar-refractivity contribution in [3.8, 4) is 0 Å². The van der Waals surface area contributed by atoms with E-state index in [1.807, 2.05) is 35.2 Å². The summed E-state index contributed by atoms with van der Waals surface area (Å²) in [6, 6.07) is 20.7. The molecule has 26 heavy (non-hydrogen) atoms. The van der Waals surface area contributed by atoms with E-state index in [0.29, 0.717) is 5.92 Å². The normalized spacial score (nSPS) is 20.7. The molecule has 0 radical (unpaired) electrons. The zero-order valence-corrected chi connectivity index (χ0v) is 16.0. The SMILES string of the molecule is CCN(C(=O)[C@@H]1CCN(CCc2ccccc2)C[C@@H]1C)c1ccccc1. The number of carbonyl (C=O) groups excluding carboxylic acids is 1. The van der Waals surface area contributed by atoms with Crippen molar-refractivity contribution in [2.45, 2.75) is 26.7 Å². The monoisotopic (exact) mass is 350 g/mol. The Morgan fingerprint density at radius 2 is 1.73 bits per heavy atom. The maximum Gasteiger partial charge on any atom is 0.230 e. The third-order valence-corrected chi connectivity index (χ3v) is 5.52. The van der Waals surface area contributed by atoms with Gasteiger partial charge in [0.25, 0.3) is 0 Å². The maximum absolute atomic E-state index is 13.1. The van der Waals surface area contributed by atoms with Crippen molar-refractivity contribution in [2.24, 2.45) is 11.8 Å². The number of para-hydroxylation sites is 1. The van der Waals surface area contributed by atoms with E-state index in [2.05, 4.69) is 49.1 Å². The Labute approximate surface area is 157 Å². The fraction of sp³-hybridized carbons (Fsp3) is 0.435. The lowest BCUT2D eigenvalue weighted by molar-refractivity contribution is -0.125. The first kappa shape index (κ1) is 18.7. The van der Waals surface area contributed by atoms with Gasteiger partial charge in [0.05, 0.1) is 0 Å². The molecule has 1 heterocycles. The molecule has 3 nitrogen and oxygen atoms in total. The predicted octanol–water partition coefficient (Wildman–Crippen LogP) is 4.24. The number of anilines is 1. The van der Waals surface area contributed by atoms with Crippen LogP contribution in [0.1, 0.15) is 25.8 Å². The highest BCUT2D eigenvalue weighted by Crippen LogP contribution is 2.27. The summed E-state index contributed by atoms with van der Waals surface area (Å²) in [6.07, 6.45) is 2.04. The van der Waals surface area contributed by atoms with Gasteiger partial charge in [-0.25, -0.2) is 0 Å². The van der Waals surface area contributed by atoms with Crippen molar-refractivity contribution >= 4 is 11.6 Å². The summed E-state index contributed by atoms with van der Waals surface area (Å²) in [5.41, 5.74) is 2.40. The van der Waals surface area contributed by atoms with Gasteiger partial charge in [0.15, 0.2) is 0 Å². The van der Waals surface area contributed by atoms with Crippen LogP contribution in [0.2, 0.25) is 0 Å². The van der Waals surface area contributed by atoms with Crippen LogP contribution < -0.4 is 4.90 Å². The molecule has 0 spiro atoms. The molecule has 0 aliphatic carbocycles. The third kappa shape index (κ3) is 4.53. The van der Waals surface area contributed by atoms with E-state index in [4.69, 9.17) is 0 Å². The van der Waals surface area contributed by atoms with Crippen molar-refractivity contribution in [1.29, 1.82) is 0 Å². The summed E-state index contributed by atoms with van der Waals surface area (Å²) in [7, 11) is 0. The number of benzene rings is 2. The van der Waals surface area contributed by atoms with Gasteiger partial charge in [0.1, 0.15) is 0 Å². The number of likely N-dealkylation sites (tertiary alicyclic amines) is 1. The van der Waals surface area contributed by atoms with Crippen LogP contribution in [0.4, 0.5) is 5.69 Å². The summed E-state index contributed by atoms with van der Waals surface area (Å²) in [5.74, 6) is 0.807. The van der Waals surface area contributed by atoms with E-state index in [1.54, 1.807) is 0 Å². The van der Waals surface area contributed by atoms with Crippen molar-refractivity contribution in [1.82, 2.24) is 4.90 Å². The summed E-state index contributed by atoms with van der Waals surface area (Å²) >= 11 is 0. The molecule has 138 valence electrons. The van der Waals surface area contributed by atoms with E-state index in [0.717, 1.165) is 44.7 Å². The minimum Gasteiger partial charge on any atom is -0.312 e. The highest BCUT2D eigenvalue weighted by Gasteiger charge is 2.33. The zero-order valence-electron chi connectivity index (χ0n) is 16.0. The third-order valence-electron chi connectivity index (χ3n) is 5.52. The molecule has 0 unspecified atom stereocenters. The standard InChI is InChI=1S/C23H30N2O/c1-3-25(21-12-8-5-9-13-21)23(26)22-15-17-24(18-19(22)2)16-14-20-10-6-4-7-11-20/h4-13,19,22H,3,14-18H2,1-2H3/t19-,22+/m0/s1. The van der Waals surface area contributed by atoms with Crippen LogP contribution in [0.5, 0.6) is 0 Å². The van der Waals surface area contributed by atoms with Crippen molar-refractivity contribution in [2.75, 3.05) is 31.1 Å². The summed E-state index contributed by atoms with van der Waals surface area (Å²) < 4.78 is 0. The van der Waals surface area contributed by atoms with Crippen molar-refractivity contribution in [3.05, 3.63) is 66.2 Å². The van der Waals surface area contributed by atoms with Gasteiger partial charge in [-0.2, -0.15) is 0 Å². The largest absolute Gasteiger partial charge is 0.312 e. The second-order valence-electron chi connectivity index (χ2n) is 7.33. The van der Waals surface area contributed by atoms with E-state index in [-0.39, 0.29) is 11.8 Å². The Morgan fingerprint density at radius 1 is 1.08 bits per heavy atom. The first-order valence-corrected chi connectivity index (χ1v) is 9.81. The smallest absolute Gasteiger partial charge is 0.230 e. The van der Waals surface area contributed by atoms with Crippen LogP contribution >= 0.6 is 0 Å². The minimum atomic E-state index is 0.128. The second kappa shape index (κ2) is 9.00. The van der Waals surface area contributed by atoms with Gasteiger partial charge in [-0.3, -0.25) is 4.79 Å². The van der Waals surface area contributed by atoms with Crippen molar-refractivity contribution < 1.29 is 4.79 Å². The Balaban J connectivity index is 1.57. The molecule has 0 N–H and O–H groups in total. The number of nitrogens with zero attached hydrogens (tertiary/aromatic N) is 2. The Kier molecular flexibility index (Phi) is 6.45. The molecule has 3 heteroatoms. The molecule has 1 aliphatic heterocycles. The lowest BCUT2D eigenvalue weighted by atomic mass is 9.85. The highest BCUT2D eigenvalue weighted by atomic mass is 16.2. The van der Waals surface area contributed by atoms with E-state index >= 15 is 0 Å². The molecule has 0 aromatic heterocycles. The molecule has 0 saturated carbocycles. The molecular formula is C23H30N2O. The van der Waals surface area contributed by atoms with E-state index in [9.17, 15) is 4.79 Å². The average molecular weight is 351 g/mol. The molecule has 0 bridgehead atoms. The average Bonchev–Trinajstić information content (AvgIpc) is 2.68. The summed E-state index contributed by atoms with van der Waals surface area (Å²) in [4.78, 5) is 17.6. The topological polar surface area (TPSA) is 23.6 Å². The molecule has 2 aromatic carbocycles. The van der Waals surface area contributed by atoms with Crippen LogP contribution in [0.15, 0.2) is 60.7 Å². The van der Waals surface area contributed by atoms with Gasteiger partial charge in [-0.1, -0.05) is 55.5 Å². The van der Waals surface area contributed by atoms with Gasteiger partial charge < -0.3 is 9.80 Å². The van der Waals surface area contributed by atoms with Gasteiger partial charge in [0, 0.05) is 31.2 Å². The fourth-order valence-electron chi connectivity index (χ4n) is 4.01. The molecule has 1 fully saturated rings. The first-order valence-electron chi connectivity index (χ1n) is 9.81. The highest BCUT2D eigenvalue weighted by molar-refractivity contribution is 5.95. The predicted molar refractivity (Wildman–Crippen MR) is 108 cm³/mol. The van der Waals surface area contributed by atoms with Crippen LogP contribution in [0, 0.1) is 11.8 Å². The van der Waals surface area contributed by atoms with Gasteiger partial charge in [-0.15, -0.1) is 0 Å². The van der Waals surface area contributed by atoms with Gasteiger partial charge >= 0.3 is 0 Å². The molecule has 1 amide bonds. The first-order chi connectivity index (χ1) is 12.7. The number of hydrogen-bond donors (Lipinski definition) is 0. The van der Waals surface area contributed by atoms with Crippen LogP contribution in [0.3, 0.4) is 0 Å². The van der Waals surface area contributed by atoms with Crippen molar-refractivity contribution in [3.63, 3.8) is 0 Å². The molecule has 2 aromatic rings. The number of carbonyl (C=O) groups is 1. The molecule has 1 aliphatic rings. The number of piperidine rings is 1. The number of rotatable bonds is 6. The molecule has 3 rings (SSSR count). The Bertz CT molecular complexity index is 686. The zero-order chi connectivity index (χ0) is 18.4. The Hall–Kier alpha value is -2.13. The lowest BCUT2D eigenvalue weighted by Crippen LogP contribution is -2.47. The summed E-state index contributed by atoms with van der Waals surface area (Å²) in [6.45, 7) is 8.12. The van der Waals surface area contributed by atoms with E-state index in [1.165, 1.54) is 5.56 Å². The minimum absolute atomic E-state index is 0.128. The quantitative estimate of drug-likeness (QED) is 0.778. The van der Waals surface area contributed by atoms with Crippen LogP contribution in [-0.2, 0) is 11.2 Å². The van der Waals surface area contributed by atoms with Crippen LogP contribution in [0.25, 0.3) is 0 Å². The van der Waals surface area contributed by atoms with Gasteiger partial charge in [0.2, 0.25) is 5.91 Å².